The van der Waals surface area contributed by atoms with Gasteiger partial charge in [-0.25, -0.2) is 0 Å². The van der Waals surface area contributed by atoms with E-state index in [1.54, 1.807) is 30.3 Å². The number of nitrogens with zero attached hydrogens (tertiary/aromatic N) is 1. The molecule has 0 unspecified atom stereocenters. The number of thioether (sulfide) groups is 1. The molecule has 16 heavy (non-hydrogen) atoms. The summed E-state index contributed by atoms with van der Waals surface area (Å²) in [6, 6.07) is 9.02. The Kier molecular flexibility index (Phi) is 3.04. The number of hydrogen-bond donors (Lipinski definition) is 1. The normalized spacial score (nSPS) is 17.3. The van der Waals surface area contributed by atoms with Gasteiger partial charge in [0.1, 0.15) is 4.32 Å². The molecule has 0 aromatic heterocycles. The summed E-state index contributed by atoms with van der Waals surface area (Å²) in [6.07, 6.45) is 1.72. The van der Waals surface area contributed by atoms with Gasteiger partial charge in [0, 0.05) is 0 Å². The van der Waals surface area contributed by atoms with Gasteiger partial charge < -0.3 is 5.32 Å². The first-order valence-electron chi connectivity index (χ1n) is 4.44. The molecule has 0 bridgehead atoms. The largest absolute Gasteiger partial charge is 0.337 e. The maximum atomic E-state index is 11.4. The van der Waals surface area contributed by atoms with Gasteiger partial charge in [0.25, 0.3) is 0 Å². The zero-order chi connectivity index (χ0) is 11.5. The van der Waals surface area contributed by atoms with E-state index in [1.165, 1.54) is 0 Å². The average molecular weight is 246 g/mol. The van der Waals surface area contributed by atoms with Gasteiger partial charge in [-0.15, -0.1) is 0 Å². The molecule has 1 heterocycles. The Morgan fingerprint density at radius 3 is 2.56 bits per heavy atom. The summed E-state index contributed by atoms with van der Waals surface area (Å²) in [5, 5.41) is 11.4. The van der Waals surface area contributed by atoms with Gasteiger partial charge in [-0.05, 0) is 35.5 Å². The second kappa shape index (κ2) is 4.47. The molecule has 0 aliphatic carbocycles. The van der Waals surface area contributed by atoms with Crippen molar-refractivity contribution in [3.63, 3.8) is 0 Å². The summed E-state index contributed by atoms with van der Waals surface area (Å²) in [4.78, 5) is 11.4. The van der Waals surface area contributed by atoms with Crippen molar-refractivity contribution in [2.45, 2.75) is 0 Å². The molecule has 1 aromatic rings. The summed E-state index contributed by atoms with van der Waals surface area (Å²) in [5.41, 5.74) is 1.94. The number of nitriles is 1. The lowest BCUT2D eigenvalue weighted by Gasteiger charge is -1.96. The van der Waals surface area contributed by atoms with E-state index in [0.717, 1.165) is 17.3 Å². The summed E-state index contributed by atoms with van der Waals surface area (Å²) in [7, 11) is 0. The summed E-state index contributed by atoms with van der Waals surface area (Å²) >= 11 is 5.89. The van der Waals surface area contributed by atoms with E-state index in [0.29, 0.717) is 15.6 Å². The SMILES string of the molecule is N#Cc1ccc(C=C2NC(=S)SC2=O)cc1. The topological polar surface area (TPSA) is 52.9 Å². The van der Waals surface area contributed by atoms with Gasteiger partial charge in [0.15, 0.2) is 0 Å². The third kappa shape index (κ3) is 2.30. The van der Waals surface area contributed by atoms with Gasteiger partial charge in [0.2, 0.25) is 5.12 Å². The fraction of sp³-hybridized carbons (Fsp3) is 0. The van der Waals surface area contributed by atoms with Crippen LogP contribution < -0.4 is 5.32 Å². The van der Waals surface area contributed by atoms with Crippen LogP contribution in [-0.2, 0) is 4.79 Å². The van der Waals surface area contributed by atoms with Crippen molar-refractivity contribution in [1.29, 1.82) is 5.26 Å². The third-order valence-electron chi connectivity index (χ3n) is 1.99. The number of thiocarbonyl (C=S) groups is 1. The van der Waals surface area contributed by atoms with E-state index in [-0.39, 0.29) is 5.12 Å². The second-order valence-electron chi connectivity index (χ2n) is 3.09. The standard InChI is InChI=1S/C11H6N2OS2/c12-6-8-3-1-7(2-4-8)5-9-10(14)16-11(15)13-9/h1-5H,(H,13,15). The first-order chi connectivity index (χ1) is 7.69. The van der Waals surface area contributed by atoms with Crippen LogP contribution in [0, 0.1) is 11.3 Å². The zero-order valence-corrected chi connectivity index (χ0v) is 9.69. The highest BCUT2D eigenvalue weighted by atomic mass is 32.2. The van der Waals surface area contributed by atoms with E-state index < -0.39 is 0 Å². The number of carbonyl (C=O) groups excluding carboxylic acids is 1. The van der Waals surface area contributed by atoms with Gasteiger partial charge in [0.05, 0.1) is 17.3 Å². The lowest BCUT2D eigenvalue weighted by atomic mass is 10.1. The van der Waals surface area contributed by atoms with Crippen molar-refractivity contribution in [3.05, 3.63) is 41.1 Å². The highest BCUT2D eigenvalue weighted by molar-refractivity contribution is 8.33. The van der Waals surface area contributed by atoms with E-state index in [4.69, 9.17) is 17.5 Å². The van der Waals surface area contributed by atoms with Crippen molar-refractivity contribution in [2.75, 3.05) is 0 Å². The van der Waals surface area contributed by atoms with Gasteiger partial charge in [-0.2, -0.15) is 5.26 Å². The molecular weight excluding hydrogens is 240 g/mol. The molecule has 0 spiro atoms. The third-order valence-corrected chi connectivity index (χ3v) is 3.04. The van der Waals surface area contributed by atoms with Crippen LogP contribution in [0.2, 0.25) is 0 Å². The van der Waals surface area contributed by atoms with Crippen LogP contribution in [-0.4, -0.2) is 9.44 Å². The van der Waals surface area contributed by atoms with Crippen LogP contribution >= 0.6 is 24.0 Å². The van der Waals surface area contributed by atoms with Crippen molar-refractivity contribution < 1.29 is 4.79 Å². The Morgan fingerprint density at radius 2 is 2.06 bits per heavy atom. The highest BCUT2D eigenvalue weighted by Crippen LogP contribution is 2.20. The smallest absolute Gasteiger partial charge is 0.242 e. The summed E-state index contributed by atoms with van der Waals surface area (Å²) in [5.74, 6) is 0. The molecule has 5 heteroatoms. The maximum Gasteiger partial charge on any atom is 0.242 e. The van der Waals surface area contributed by atoms with Crippen LogP contribution in [0.25, 0.3) is 6.08 Å². The Balaban J connectivity index is 2.26. The number of nitrogens with one attached hydrogen (secondary N) is 1. The Bertz CT molecular complexity index is 526. The first-order valence-corrected chi connectivity index (χ1v) is 5.66. The minimum absolute atomic E-state index is 0.0747. The minimum atomic E-state index is -0.0747. The molecule has 1 aliphatic rings. The predicted molar refractivity (Wildman–Crippen MR) is 67.5 cm³/mol. The molecule has 1 saturated heterocycles. The molecule has 0 radical (unpaired) electrons. The molecule has 0 atom stereocenters. The monoisotopic (exact) mass is 246 g/mol. The summed E-state index contributed by atoms with van der Waals surface area (Å²) < 4.78 is 0.477. The Labute approximate surface area is 102 Å². The molecule has 1 aromatic carbocycles. The van der Waals surface area contributed by atoms with Crippen LogP contribution in [0.3, 0.4) is 0 Å². The molecule has 2 rings (SSSR count). The zero-order valence-electron chi connectivity index (χ0n) is 8.06. The van der Waals surface area contributed by atoms with E-state index in [9.17, 15) is 4.79 Å². The molecule has 0 amide bonds. The maximum absolute atomic E-state index is 11.4. The quantitative estimate of drug-likeness (QED) is 0.607. The van der Waals surface area contributed by atoms with Gasteiger partial charge in [-0.1, -0.05) is 24.4 Å². The van der Waals surface area contributed by atoms with Crippen LogP contribution in [0.4, 0.5) is 0 Å². The number of carbonyl (C=O) groups is 1. The molecule has 1 fully saturated rings. The molecule has 1 N–H and O–H groups in total. The molecule has 78 valence electrons. The van der Waals surface area contributed by atoms with Crippen molar-refractivity contribution >= 4 is 39.5 Å². The Hall–Kier alpha value is -1.64. The van der Waals surface area contributed by atoms with E-state index in [2.05, 4.69) is 5.32 Å². The fourth-order valence-corrected chi connectivity index (χ4v) is 2.13. The second-order valence-corrected chi connectivity index (χ2v) is 4.74. The van der Waals surface area contributed by atoms with Gasteiger partial charge >= 0.3 is 0 Å². The van der Waals surface area contributed by atoms with Crippen LogP contribution in [0.5, 0.6) is 0 Å². The fourth-order valence-electron chi connectivity index (χ4n) is 1.24. The number of benzene rings is 1. The number of rotatable bonds is 1. The average Bonchev–Trinajstić information content (AvgIpc) is 2.59. The van der Waals surface area contributed by atoms with Crippen LogP contribution in [0.15, 0.2) is 30.0 Å². The molecule has 3 nitrogen and oxygen atoms in total. The predicted octanol–water partition coefficient (Wildman–Crippen LogP) is 2.05. The lowest BCUT2D eigenvalue weighted by molar-refractivity contribution is -0.107. The van der Waals surface area contributed by atoms with Crippen molar-refractivity contribution in [2.24, 2.45) is 0 Å². The molecule has 1 aliphatic heterocycles. The molecule has 0 saturated carbocycles. The lowest BCUT2D eigenvalue weighted by Crippen LogP contribution is -2.09. The molecular formula is C11H6N2OS2. The number of hydrogen-bond acceptors (Lipinski definition) is 4. The van der Waals surface area contributed by atoms with E-state index >= 15 is 0 Å². The first kappa shape index (κ1) is 10.9. The van der Waals surface area contributed by atoms with Gasteiger partial charge in [-0.3, -0.25) is 4.79 Å². The van der Waals surface area contributed by atoms with Crippen molar-refractivity contribution in [1.82, 2.24) is 5.32 Å². The van der Waals surface area contributed by atoms with E-state index in [1.807, 2.05) is 6.07 Å². The van der Waals surface area contributed by atoms with Crippen molar-refractivity contribution in [3.8, 4) is 6.07 Å². The summed E-state index contributed by atoms with van der Waals surface area (Å²) in [6.45, 7) is 0. The highest BCUT2D eigenvalue weighted by Gasteiger charge is 2.21. The van der Waals surface area contributed by atoms with Crippen LogP contribution in [0.1, 0.15) is 11.1 Å². The minimum Gasteiger partial charge on any atom is -0.337 e. The Morgan fingerprint density at radius 1 is 1.38 bits per heavy atom.